The predicted octanol–water partition coefficient (Wildman–Crippen LogP) is 2.46. The first kappa shape index (κ1) is 16.7. The number of hydrogen-bond acceptors (Lipinski definition) is 4. The van der Waals surface area contributed by atoms with Gasteiger partial charge in [-0.05, 0) is 36.2 Å². The first-order valence-corrected chi connectivity index (χ1v) is 8.14. The number of hydrogen-bond donors (Lipinski definition) is 2. The van der Waals surface area contributed by atoms with Crippen LogP contribution in [0.15, 0.2) is 42.5 Å². The van der Waals surface area contributed by atoms with E-state index in [4.69, 9.17) is 5.73 Å². The van der Waals surface area contributed by atoms with Crippen LogP contribution in [-0.2, 0) is 11.2 Å². The lowest BCUT2D eigenvalue weighted by atomic mass is 10.1. The maximum absolute atomic E-state index is 12.3. The lowest BCUT2D eigenvalue weighted by Gasteiger charge is -2.14. The van der Waals surface area contributed by atoms with E-state index in [0.717, 1.165) is 16.9 Å². The second kappa shape index (κ2) is 6.76. The van der Waals surface area contributed by atoms with Gasteiger partial charge in [-0.2, -0.15) is 0 Å². The molecule has 0 atom stereocenters. The van der Waals surface area contributed by atoms with Crippen molar-refractivity contribution in [2.45, 2.75) is 19.8 Å². The number of fused-ring (bicyclic) bond motifs is 1. The van der Waals surface area contributed by atoms with E-state index in [1.54, 1.807) is 36.4 Å². The van der Waals surface area contributed by atoms with Gasteiger partial charge in [0.25, 0.3) is 11.8 Å². The Kier molecular flexibility index (Phi) is 4.52. The third kappa shape index (κ3) is 3.24. The van der Waals surface area contributed by atoms with Crippen LogP contribution in [0.1, 0.15) is 39.6 Å². The molecule has 0 radical (unpaired) electrons. The maximum Gasteiger partial charge on any atom is 0.261 e. The van der Waals surface area contributed by atoms with Crippen LogP contribution in [0.25, 0.3) is 0 Å². The van der Waals surface area contributed by atoms with Crippen molar-refractivity contribution in [3.8, 4) is 0 Å². The molecule has 6 nitrogen and oxygen atoms in total. The number of nitrogens with one attached hydrogen (secondary N) is 1. The molecule has 3 N–H and O–H groups in total. The summed E-state index contributed by atoms with van der Waals surface area (Å²) < 4.78 is 0. The van der Waals surface area contributed by atoms with Crippen molar-refractivity contribution in [2.24, 2.45) is 0 Å². The van der Waals surface area contributed by atoms with Crippen molar-refractivity contribution >= 4 is 29.1 Å². The van der Waals surface area contributed by atoms with E-state index in [2.05, 4.69) is 5.32 Å². The molecule has 0 aromatic heterocycles. The zero-order chi connectivity index (χ0) is 18.0. The third-order valence-electron chi connectivity index (χ3n) is 4.25. The number of amides is 3. The standard InChI is InChI=1S/C19H19N3O3/c1-2-12-7-8-13(11-16(12)20)21-17(23)9-10-22-18(24)14-5-3-4-6-15(14)19(22)25/h3-8,11H,2,9-10,20H2,1H3,(H,21,23). The molecule has 25 heavy (non-hydrogen) atoms. The minimum atomic E-state index is -0.357. The summed E-state index contributed by atoms with van der Waals surface area (Å²) in [6.45, 7) is 2.05. The molecular formula is C19H19N3O3. The van der Waals surface area contributed by atoms with E-state index in [9.17, 15) is 14.4 Å². The fourth-order valence-electron chi connectivity index (χ4n) is 2.87. The van der Waals surface area contributed by atoms with E-state index in [1.165, 1.54) is 0 Å². The van der Waals surface area contributed by atoms with E-state index in [-0.39, 0.29) is 30.7 Å². The molecule has 1 heterocycles. The van der Waals surface area contributed by atoms with Crippen LogP contribution in [-0.4, -0.2) is 29.2 Å². The number of anilines is 2. The van der Waals surface area contributed by atoms with Gasteiger partial charge < -0.3 is 11.1 Å². The highest BCUT2D eigenvalue weighted by molar-refractivity contribution is 6.21. The lowest BCUT2D eigenvalue weighted by molar-refractivity contribution is -0.116. The second-order valence-electron chi connectivity index (χ2n) is 5.87. The Balaban J connectivity index is 1.61. The van der Waals surface area contributed by atoms with Crippen LogP contribution in [0, 0.1) is 0 Å². The van der Waals surface area contributed by atoms with Gasteiger partial charge in [0.15, 0.2) is 0 Å². The molecule has 0 spiro atoms. The Morgan fingerprint density at radius 2 is 1.72 bits per heavy atom. The van der Waals surface area contributed by atoms with Crippen molar-refractivity contribution in [1.29, 1.82) is 0 Å². The molecule has 0 saturated carbocycles. The largest absolute Gasteiger partial charge is 0.398 e. The molecule has 2 aromatic carbocycles. The quantitative estimate of drug-likeness (QED) is 0.647. The first-order chi connectivity index (χ1) is 12.0. The molecule has 0 saturated heterocycles. The van der Waals surface area contributed by atoms with E-state index in [1.807, 2.05) is 13.0 Å². The molecule has 3 amide bonds. The number of nitrogens with two attached hydrogens (primary N) is 1. The Hall–Kier alpha value is -3.15. The molecule has 0 fully saturated rings. The predicted molar refractivity (Wildman–Crippen MR) is 95.3 cm³/mol. The number of nitrogen functional groups attached to an aromatic ring is 1. The zero-order valence-electron chi connectivity index (χ0n) is 13.9. The van der Waals surface area contributed by atoms with E-state index >= 15 is 0 Å². The minimum absolute atomic E-state index is 0.0287. The van der Waals surface area contributed by atoms with Crippen molar-refractivity contribution < 1.29 is 14.4 Å². The summed E-state index contributed by atoms with van der Waals surface area (Å²) in [6, 6.07) is 12.0. The number of carbonyl (C=O) groups excluding carboxylic acids is 3. The van der Waals surface area contributed by atoms with Gasteiger partial charge in [0.05, 0.1) is 11.1 Å². The summed E-state index contributed by atoms with van der Waals surface area (Å²) >= 11 is 0. The van der Waals surface area contributed by atoms with Gasteiger partial charge in [-0.25, -0.2) is 0 Å². The smallest absolute Gasteiger partial charge is 0.261 e. The molecule has 0 unspecified atom stereocenters. The topological polar surface area (TPSA) is 92.5 Å². The van der Waals surface area contributed by atoms with Gasteiger partial charge in [0.1, 0.15) is 0 Å². The summed E-state index contributed by atoms with van der Waals surface area (Å²) in [5.41, 5.74) is 8.93. The molecule has 6 heteroatoms. The maximum atomic E-state index is 12.3. The van der Waals surface area contributed by atoms with Crippen LogP contribution in [0.3, 0.4) is 0 Å². The minimum Gasteiger partial charge on any atom is -0.398 e. The van der Waals surface area contributed by atoms with Crippen LogP contribution in [0.2, 0.25) is 0 Å². The number of carbonyl (C=O) groups is 3. The highest BCUT2D eigenvalue weighted by Crippen LogP contribution is 2.23. The lowest BCUT2D eigenvalue weighted by Crippen LogP contribution is -2.32. The summed E-state index contributed by atoms with van der Waals surface area (Å²) in [5, 5.41) is 2.74. The van der Waals surface area contributed by atoms with Gasteiger partial charge in [-0.15, -0.1) is 0 Å². The summed E-state index contributed by atoms with van der Waals surface area (Å²) in [5.74, 6) is -0.991. The summed E-state index contributed by atoms with van der Waals surface area (Å²) in [6.07, 6.45) is 0.848. The van der Waals surface area contributed by atoms with Gasteiger partial charge in [0.2, 0.25) is 5.91 Å². The number of imide groups is 1. The van der Waals surface area contributed by atoms with Crippen LogP contribution >= 0.6 is 0 Å². The Morgan fingerprint density at radius 3 is 2.28 bits per heavy atom. The van der Waals surface area contributed by atoms with Crippen molar-refractivity contribution in [2.75, 3.05) is 17.6 Å². The Labute approximate surface area is 145 Å². The number of benzene rings is 2. The second-order valence-corrected chi connectivity index (χ2v) is 5.87. The van der Waals surface area contributed by atoms with Crippen LogP contribution in [0.5, 0.6) is 0 Å². The van der Waals surface area contributed by atoms with Gasteiger partial charge in [0, 0.05) is 24.3 Å². The molecule has 3 rings (SSSR count). The molecule has 0 bridgehead atoms. The third-order valence-corrected chi connectivity index (χ3v) is 4.25. The average molecular weight is 337 g/mol. The molecule has 1 aliphatic rings. The molecule has 128 valence electrons. The SMILES string of the molecule is CCc1ccc(NC(=O)CCN2C(=O)c3ccccc3C2=O)cc1N. The normalized spacial score (nSPS) is 13.1. The van der Waals surface area contributed by atoms with Gasteiger partial charge in [-0.3, -0.25) is 19.3 Å². The van der Waals surface area contributed by atoms with Gasteiger partial charge >= 0.3 is 0 Å². The van der Waals surface area contributed by atoms with Crippen molar-refractivity contribution in [1.82, 2.24) is 4.90 Å². The Bertz CT molecular complexity index is 826. The molecule has 1 aliphatic heterocycles. The molecule has 2 aromatic rings. The first-order valence-electron chi connectivity index (χ1n) is 8.14. The number of aryl methyl sites for hydroxylation is 1. The number of rotatable bonds is 5. The zero-order valence-corrected chi connectivity index (χ0v) is 13.9. The fraction of sp³-hybridized carbons (Fsp3) is 0.211. The van der Waals surface area contributed by atoms with Crippen molar-refractivity contribution in [3.05, 3.63) is 59.2 Å². The fourth-order valence-corrected chi connectivity index (χ4v) is 2.87. The van der Waals surface area contributed by atoms with E-state index in [0.29, 0.717) is 22.5 Å². The average Bonchev–Trinajstić information content (AvgIpc) is 2.85. The monoisotopic (exact) mass is 337 g/mol. The highest BCUT2D eigenvalue weighted by atomic mass is 16.2. The summed E-state index contributed by atoms with van der Waals surface area (Å²) in [4.78, 5) is 37.7. The highest BCUT2D eigenvalue weighted by Gasteiger charge is 2.34. The van der Waals surface area contributed by atoms with Crippen molar-refractivity contribution in [3.63, 3.8) is 0 Å². The van der Waals surface area contributed by atoms with Crippen LogP contribution < -0.4 is 11.1 Å². The Morgan fingerprint density at radius 1 is 1.08 bits per heavy atom. The van der Waals surface area contributed by atoms with Gasteiger partial charge in [-0.1, -0.05) is 25.1 Å². The number of nitrogens with zero attached hydrogens (tertiary/aromatic N) is 1. The molecule has 0 aliphatic carbocycles. The van der Waals surface area contributed by atoms with Crippen LogP contribution in [0.4, 0.5) is 11.4 Å². The molecular weight excluding hydrogens is 318 g/mol. The van der Waals surface area contributed by atoms with E-state index < -0.39 is 0 Å². The summed E-state index contributed by atoms with van der Waals surface area (Å²) in [7, 11) is 0.